The van der Waals surface area contributed by atoms with E-state index in [1.165, 1.54) is 77.0 Å². The summed E-state index contributed by atoms with van der Waals surface area (Å²) in [5.74, 6) is -0.879. The van der Waals surface area contributed by atoms with Crippen molar-refractivity contribution in [3.05, 3.63) is 35.9 Å². The maximum atomic E-state index is 10.2. The fraction of sp³-hybridized carbons (Fsp3) is 0.667. The highest BCUT2D eigenvalue weighted by Crippen LogP contribution is 2.11. The number of unbranched alkanes of at least 4 members (excludes halogenated alkanes) is 11. The van der Waals surface area contributed by atoms with Crippen LogP contribution in [0.3, 0.4) is 0 Å². The van der Waals surface area contributed by atoms with Crippen molar-refractivity contribution in [2.45, 2.75) is 90.9 Å². The van der Waals surface area contributed by atoms with Crippen LogP contribution in [-0.2, 0) is 0 Å². The third-order valence-corrected chi connectivity index (χ3v) is 3.98. The molecule has 0 aliphatic carbocycles. The van der Waals surface area contributed by atoms with Crippen LogP contribution in [0, 0.1) is 0 Å². The average molecular weight is 321 g/mol. The maximum absolute atomic E-state index is 10.2. The summed E-state index contributed by atoms with van der Waals surface area (Å²) in [6.07, 6.45) is 17.4. The van der Waals surface area contributed by atoms with Gasteiger partial charge in [-0.2, -0.15) is 0 Å². The Morgan fingerprint density at radius 2 is 1.04 bits per heavy atom. The Bertz CT molecular complexity index is 347. The van der Waals surface area contributed by atoms with E-state index in [1.54, 1.807) is 30.3 Å². The Morgan fingerprint density at radius 1 is 0.696 bits per heavy atom. The first-order valence-electron chi connectivity index (χ1n) is 9.50. The Hall–Kier alpha value is -1.31. The molecular formula is C21H36O2. The molecule has 0 atom stereocenters. The molecule has 2 heteroatoms. The molecule has 0 aliphatic heterocycles. The molecule has 0 aromatic heterocycles. The predicted octanol–water partition coefficient (Wildman–Crippen LogP) is 7.09. The van der Waals surface area contributed by atoms with Gasteiger partial charge in [0.05, 0.1) is 5.56 Å². The molecule has 1 rings (SSSR count). The number of carboxylic acids is 1. The zero-order valence-electron chi connectivity index (χ0n) is 15.2. The molecule has 0 aliphatic rings. The second kappa shape index (κ2) is 17.1. The maximum Gasteiger partial charge on any atom is 0.335 e. The standard InChI is InChI=1S/C14H30.C7H6O2/c1-3-5-7-9-11-13-14-12-10-8-6-4-2;8-7(9)6-4-2-1-3-5-6/h3-14H2,1-2H3;1-5H,(H,8,9). The van der Waals surface area contributed by atoms with Gasteiger partial charge in [-0.3, -0.25) is 0 Å². The molecule has 0 fully saturated rings. The smallest absolute Gasteiger partial charge is 0.335 e. The first-order chi connectivity index (χ1) is 11.2. The second-order valence-electron chi connectivity index (χ2n) is 6.21. The molecule has 1 N–H and O–H groups in total. The number of hydrogen-bond acceptors (Lipinski definition) is 1. The van der Waals surface area contributed by atoms with Gasteiger partial charge >= 0.3 is 5.97 Å². The van der Waals surface area contributed by atoms with Crippen LogP contribution in [0.4, 0.5) is 0 Å². The van der Waals surface area contributed by atoms with Crippen molar-refractivity contribution in [2.75, 3.05) is 0 Å². The molecule has 23 heavy (non-hydrogen) atoms. The Kier molecular flexibility index (Phi) is 16.1. The van der Waals surface area contributed by atoms with Crippen molar-refractivity contribution in [1.82, 2.24) is 0 Å². The Balaban J connectivity index is 0.000000459. The highest BCUT2D eigenvalue weighted by atomic mass is 16.4. The monoisotopic (exact) mass is 320 g/mol. The van der Waals surface area contributed by atoms with E-state index in [0.29, 0.717) is 5.56 Å². The minimum Gasteiger partial charge on any atom is -0.478 e. The molecule has 0 bridgehead atoms. The fourth-order valence-electron chi connectivity index (χ4n) is 2.49. The van der Waals surface area contributed by atoms with Gasteiger partial charge in [-0.25, -0.2) is 4.79 Å². The van der Waals surface area contributed by atoms with Crippen molar-refractivity contribution < 1.29 is 9.90 Å². The third kappa shape index (κ3) is 15.4. The van der Waals surface area contributed by atoms with Gasteiger partial charge in [0.1, 0.15) is 0 Å². The van der Waals surface area contributed by atoms with E-state index < -0.39 is 5.97 Å². The molecule has 0 unspecified atom stereocenters. The van der Waals surface area contributed by atoms with Crippen LogP contribution in [0.25, 0.3) is 0 Å². The number of carbonyl (C=O) groups is 1. The molecule has 0 radical (unpaired) electrons. The summed E-state index contributed by atoms with van der Waals surface area (Å²) >= 11 is 0. The van der Waals surface area contributed by atoms with E-state index in [-0.39, 0.29) is 0 Å². The summed E-state index contributed by atoms with van der Waals surface area (Å²) in [6.45, 7) is 4.57. The van der Waals surface area contributed by atoms with E-state index in [1.807, 2.05) is 0 Å². The van der Waals surface area contributed by atoms with Gasteiger partial charge in [0.2, 0.25) is 0 Å². The normalized spacial score (nSPS) is 10.0. The predicted molar refractivity (Wildman–Crippen MR) is 100 cm³/mol. The van der Waals surface area contributed by atoms with Crippen LogP contribution >= 0.6 is 0 Å². The number of rotatable bonds is 12. The average Bonchev–Trinajstić information content (AvgIpc) is 2.58. The highest BCUT2D eigenvalue weighted by molar-refractivity contribution is 5.87. The van der Waals surface area contributed by atoms with Gasteiger partial charge in [-0.05, 0) is 12.1 Å². The first-order valence-corrected chi connectivity index (χ1v) is 9.50. The second-order valence-corrected chi connectivity index (χ2v) is 6.21. The lowest BCUT2D eigenvalue weighted by molar-refractivity contribution is 0.0697. The molecule has 0 spiro atoms. The van der Waals surface area contributed by atoms with Crippen LogP contribution in [0.2, 0.25) is 0 Å². The van der Waals surface area contributed by atoms with Crippen molar-refractivity contribution in [2.24, 2.45) is 0 Å². The summed E-state index contributed by atoms with van der Waals surface area (Å²) in [5, 5.41) is 8.38. The van der Waals surface area contributed by atoms with Crippen LogP contribution in [-0.4, -0.2) is 11.1 Å². The lowest BCUT2D eigenvalue weighted by atomic mass is 10.1. The SMILES string of the molecule is CCCCCCCCCCCCCC.O=C(O)c1ccccc1. The van der Waals surface area contributed by atoms with Crippen LogP contribution in [0.5, 0.6) is 0 Å². The van der Waals surface area contributed by atoms with E-state index >= 15 is 0 Å². The lowest BCUT2D eigenvalue weighted by Crippen LogP contribution is -1.93. The molecule has 2 nitrogen and oxygen atoms in total. The summed E-state index contributed by atoms with van der Waals surface area (Å²) in [7, 11) is 0. The van der Waals surface area contributed by atoms with Crippen LogP contribution in [0.15, 0.2) is 30.3 Å². The van der Waals surface area contributed by atoms with Gasteiger partial charge in [0.15, 0.2) is 0 Å². The van der Waals surface area contributed by atoms with Gasteiger partial charge in [-0.15, -0.1) is 0 Å². The number of benzene rings is 1. The topological polar surface area (TPSA) is 37.3 Å². The molecule has 0 amide bonds. The lowest BCUT2D eigenvalue weighted by Gasteiger charge is -2.01. The van der Waals surface area contributed by atoms with E-state index in [4.69, 9.17) is 5.11 Å². The fourth-order valence-corrected chi connectivity index (χ4v) is 2.49. The van der Waals surface area contributed by atoms with Gasteiger partial charge in [0.25, 0.3) is 0 Å². The summed E-state index contributed by atoms with van der Waals surface area (Å²) in [4.78, 5) is 10.2. The zero-order valence-corrected chi connectivity index (χ0v) is 15.2. The largest absolute Gasteiger partial charge is 0.478 e. The minimum absolute atomic E-state index is 0.331. The molecule has 0 saturated carbocycles. The minimum atomic E-state index is -0.879. The van der Waals surface area contributed by atoms with Crippen molar-refractivity contribution in [3.8, 4) is 0 Å². The van der Waals surface area contributed by atoms with Gasteiger partial charge in [-0.1, -0.05) is 109 Å². The molecule has 0 saturated heterocycles. The van der Waals surface area contributed by atoms with E-state index in [2.05, 4.69) is 13.8 Å². The zero-order chi connectivity index (χ0) is 17.2. The Morgan fingerprint density at radius 3 is 1.30 bits per heavy atom. The molecule has 0 heterocycles. The van der Waals surface area contributed by atoms with Gasteiger partial charge in [0, 0.05) is 0 Å². The van der Waals surface area contributed by atoms with Crippen LogP contribution < -0.4 is 0 Å². The molecule has 1 aromatic carbocycles. The Labute approximate surface area is 143 Å². The van der Waals surface area contributed by atoms with Crippen molar-refractivity contribution in [3.63, 3.8) is 0 Å². The molecule has 132 valence electrons. The van der Waals surface area contributed by atoms with Crippen molar-refractivity contribution >= 4 is 5.97 Å². The quantitative estimate of drug-likeness (QED) is 0.417. The van der Waals surface area contributed by atoms with E-state index in [9.17, 15) is 4.79 Å². The highest BCUT2D eigenvalue weighted by Gasteiger charge is 1.96. The van der Waals surface area contributed by atoms with Gasteiger partial charge < -0.3 is 5.11 Å². The molecule has 1 aromatic rings. The summed E-state index contributed by atoms with van der Waals surface area (Å²) in [5.41, 5.74) is 0.331. The number of hydrogen-bond donors (Lipinski definition) is 1. The number of carboxylic acid groups (broad SMARTS) is 1. The van der Waals surface area contributed by atoms with Crippen molar-refractivity contribution in [1.29, 1.82) is 0 Å². The van der Waals surface area contributed by atoms with E-state index in [0.717, 1.165) is 0 Å². The number of aromatic carboxylic acids is 1. The first kappa shape index (κ1) is 21.7. The molecular weight excluding hydrogens is 284 g/mol. The third-order valence-electron chi connectivity index (χ3n) is 3.98. The summed E-state index contributed by atoms with van der Waals surface area (Å²) < 4.78 is 0. The summed E-state index contributed by atoms with van der Waals surface area (Å²) in [6, 6.07) is 8.30. The van der Waals surface area contributed by atoms with Crippen LogP contribution in [0.1, 0.15) is 101 Å².